The van der Waals surface area contributed by atoms with E-state index in [0.29, 0.717) is 6.54 Å². The van der Waals surface area contributed by atoms with Crippen molar-refractivity contribution in [3.8, 4) is 0 Å². The molecule has 1 aromatic carbocycles. The van der Waals surface area contributed by atoms with Crippen molar-refractivity contribution in [2.75, 3.05) is 25.0 Å². The number of amides is 1. The number of anilines is 1. The minimum atomic E-state index is -0.0396. The van der Waals surface area contributed by atoms with E-state index in [2.05, 4.69) is 21.2 Å². The highest BCUT2D eigenvalue weighted by Gasteiger charge is 2.25. The van der Waals surface area contributed by atoms with Gasteiger partial charge in [0.15, 0.2) is 0 Å². The van der Waals surface area contributed by atoms with Gasteiger partial charge in [-0.05, 0) is 47.4 Å². The number of nitrogens with zero attached hydrogens (tertiary/aromatic N) is 1. The van der Waals surface area contributed by atoms with Crippen molar-refractivity contribution in [2.45, 2.75) is 18.9 Å². The summed E-state index contributed by atoms with van der Waals surface area (Å²) in [6.07, 6.45) is 2.02. The van der Waals surface area contributed by atoms with Gasteiger partial charge in [-0.3, -0.25) is 9.69 Å². The van der Waals surface area contributed by atoms with E-state index in [1.54, 1.807) is 0 Å². The van der Waals surface area contributed by atoms with Crippen LogP contribution < -0.4 is 5.32 Å². The maximum atomic E-state index is 11.9. The van der Waals surface area contributed by atoms with Gasteiger partial charge in [0.05, 0.1) is 18.8 Å². The molecule has 0 unspecified atom stereocenters. The molecule has 2 rings (SSSR count). The van der Waals surface area contributed by atoms with Gasteiger partial charge in [-0.25, -0.2) is 0 Å². The molecule has 1 aliphatic rings. The smallest absolute Gasteiger partial charge is 0.238 e. The molecule has 1 aromatic rings. The quantitative estimate of drug-likeness (QED) is 0.892. The molecule has 0 radical (unpaired) electrons. The normalized spacial score (nSPS) is 20.0. The third-order valence-electron chi connectivity index (χ3n) is 3.20. The number of carbonyl (C=O) groups is 1. The predicted molar refractivity (Wildman–Crippen MR) is 74.5 cm³/mol. The number of aliphatic hydroxyl groups excluding tert-OH is 1. The third-order valence-corrected chi connectivity index (χ3v) is 3.90. The van der Waals surface area contributed by atoms with Crippen molar-refractivity contribution >= 4 is 27.5 Å². The van der Waals surface area contributed by atoms with Gasteiger partial charge in [0, 0.05) is 10.5 Å². The van der Waals surface area contributed by atoms with Crippen LogP contribution in [0.3, 0.4) is 0 Å². The first-order valence-electron chi connectivity index (χ1n) is 6.10. The Hall–Kier alpha value is -0.910. The van der Waals surface area contributed by atoms with Crippen LogP contribution in [0.15, 0.2) is 28.7 Å². The highest BCUT2D eigenvalue weighted by Crippen LogP contribution is 2.21. The number of para-hydroxylation sites is 1. The molecule has 0 aromatic heterocycles. The van der Waals surface area contributed by atoms with E-state index in [-0.39, 0.29) is 18.6 Å². The average Bonchev–Trinajstić information content (AvgIpc) is 2.79. The molecule has 0 spiro atoms. The molecule has 1 heterocycles. The lowest BCUT2D eigenvalue weighted by molar-refractivity contribution is -0.117. The predicted octanol–water partition coefficient (Wildman–Crippen LogP) is 1.84. The number of benzene rings is 1. The zero-order chi connectivity index (χ0) is 13.0. The fraction of sp³-hybridized carbons (Fsp3) is 0.462. The highest BCUT2D eigenvalue weighted by molar-refractivity contribution is 9.10. The second kappa shape index (κ2) is 6.31. The number of hydrogen-bond acceptors (Lipinski definition) is 3. The Kier molecular flexibility index (Phi) is 4.74. The summed E-state index contributed by atoms with van der Waals surface area (Å²) in [6, 6.07) is 7.67. The summed E-state index contributed by atoms with van der Waals surface area (Å²) >= 11 is 3.39. The molecule has 1 saturated heterocycles. The summed E-state index contributed by atoms with van der Waals surface area (Å²) in [7, 11) is 0. The molecule has 18 heavy (non-hydrogen) atoms. The average molecular weight is 313 g/mol. The van der Waals surface area contributed by atoms with Crippen LogP contribution in [0.4, 0.5) is 5.69 Å². The molecule has 1 atom stereocenters. The van der Waals surface area contributed by atoms with Gasteiger partial charge in [-0.2, -0.15) is 0 Å². The summed E-state index contributed by atoms with van der Waals surface area (Å²) in [5.41, 5.74) is 0.780. The Morgan fingerprint density at radius 1 is 1.50 bits per heavy atom. The van der Waals surface area contributed by atoms with E-state index in [9.17, 15) is 9.90 Å². The second-order valence-corrected chi connectivity index (χ2v) is 5.33. The first-order valence-corrected chi connectivity index (χ1v) is 6.89. The topological polar surface area (TPSA) is 52.6 Å². The largest absolute Gasteiger partial charge is 0.395 e. The highest BCUT2D eigenvalue weighted by atomic mass is 79.9. The van der Waals surface area contributed by atoms with Crippen molar-refractivity contribution in [1.82, 2.24) is 4.90 Å². The van der Waals surface area contributed by atoms with E-state index in [0.717, 1.165) is 29.5 Å². The fourth-order valence-corrected chi connectivity index (χ4v) is 2.63. The number of hydrogen-bond donors (Lipinski definition) is 2. The van der Waals surface area contributed by atoms with E-state index in [1.165, 1.54) is 0 Å². The summed E-state index contributed by atoms with van der Waals surface area (Å²) < 4.78 is 0.874. The minimum absolute atomic E-state index is 0.0396. The monoisotopic (exact) mass is 312 g/mol. The first kappa shape index (κ1) is 13.5. The molecular formula is C13H17BrN2O2. The van der Waals surface area contributed by atoms with Gasteiger partial charge in [-0.15, -0.1) is 0 Å². The van der Waals surface area contributed by atoms with Crippen LogP contribution in [-0.2, 0) is 4.79 Å². The zero-order valence-electron chi connectivity index (χ0n) is 10.1. The SMILES string of the molecule is O=C(CN1CCC[C@@H]1CO)Nc1ccccc1Br. The van der Waals surface area contributed by atoms with Crippen LogP contribution in [-0.4, -0.2) is 41.7 Å². The van der Waals surface area contributed by atoms with E-state index in [4.69, 9.17) is 0 Å². The molecule has 98 valence electrons. The molecule has 2 N–H and O–H groups in total. The lowest BCUT2D eigenvalue weighted by Crippen LogP contribution is -2.38. The van der Waals surface area contributed by atoms with Gasteiger partial charge in [-0.1, -0.05) is 12.1 Å². The molecule has 1 fully saturated rings. The first-order chi connectivity index (χ1) is 8.70. The van der Waals surface area contributed by atoms with Crippen LogP contribution in [0.5, 0.6) is 0 Å². The van der Waals surface area contributed by atoms with Gasteiger partial charge in [0.25, 0.3) is 0 Å². The van der Waals surface area contributed by atoms with Gasteiger partial charge < -0.3 is 10.4 Å². The van der Waals surface area contributed by atoms with Crippen LogP contribution >= 0.6 is 15.9 Å². The van der Waals surface area contributed by atoms with E-state index in [1.807, 2.05) is 29.2 Å². The number of nitrogens with one attached hydrogen (secondary N) is 1. The molecule has 1 aliphatic heterocycles. The van der Waals surface area contributed by atoms with Crippen molar-refractivity contribution in [3.05, 3.63) is 28.7 Å². The Morgan fingerprint density at radius 3 is 3.00 bits per heavy atom. The molecular weight excluding hydrogens is 296 g/mol. The van der Waals surface area contributed by atoms with Crippen molar-refractivity contribution in [2.24, 2.45) is 0 Å². The fourth-order valence-electron chi connectivity index (χ4n) is 2.25. The minimum Gasteiger partial charge on any atom is -0.395 e. The third kappa shape index (κ3) is 3.31. The second-order valence-electron chi connectivity index (χ2n) is 4.48. The Morgan fingerprint density at radius 2 is 2.28 bits per heavy atom. The number of aliphatic hydroxyl groups is 1. The summed E-state index contributed by atoms with van der Waals surface area (Å²) in [5, 5.41) is 12.1. The van der Waals surface area contributed by atoms with Gasteiger partial charge in [0.1, 0.15) is 0 Å². The number of likely N-dealkylation sites (tertiary alicyclic amines) is 1. The van der Waals surface area contributed by atoms with Gasteiger partial charge >= 0.3 is 0 Å². The molecule has 4 nitrogen and oxygen atoms in total. The molecule has 0 aliphatic carbocycles. The van der Waals surface area contributed by atoms with Gasteiger partial charge in [0.2, 0.25) is 5.91 Å². The Bertz CT molecular complexity index is 425. The lowest BCUT2D eigenvalue weighted by atomic mass is 10.2. The van der Waals surface area contributed by atoms with E-state index < -0.39 is 0 Å². The van der Waals surface area contributed by atoms with Crippen LogP contribution in [0.25, 0.3) is 0 Å². The maximum absolute atomic E-state index is 11.9. The Labute approximate surface area is 115 Å². The summed E-state index contributed by atoms with van der Waals surface area (Å²) in [6.45, 7) is 1.35. The standard InChI is InChI=1S/C13H17BrN2O2/c14-11-5-1-2-6-12(11)15-13(18)8-16-7-3-4-10(16)9-17/h1-2,5-6,10,17H,3-4,7-9H2,(H,15,18)/t10-/m1/s1. The Balaban J connectivity index is 1.91. The van der Waals surface area contributed by atoms with Crippen LogP contribution in [0, 0.1) is 0 Å². The number of rotatable bonds is 4. The molecule has 0 saturated carbocycles. The number of halogens is 1. The van der Waals surface area contributed by atoms with Crippen LogP contribution in [0.2, 0.25) is 0 Å². The van der Waals surface area contributed by atoms with Crippen molar-refractivity contribution in [1.29, 1.82) is 0 Å². The maximum Gasteiger partial charge on any atom is 0.238 e. The summed E-state index contributed by atoms with van der Waals surface area (Å²) in [5.74, 6) is -0.0396. The summed E-state index contributed by atoms with van der Waals surface area (Å²) in [4.78, 5) is 14.0. The van der Waals surface area contributed by atoms with E-state index >= 15 is 0 Å². The zero-order valence-corrected chi connectivity index (χ0v) is 11.7. The van der Waals surface area contributed by atoms with Crippen molar-refractivity contribution < 1.29 is 9.90 Å². The lowest BCUT2D eigenvalue weighted by Gasteiger charge is -2.21. The molecule has 0 bridgehead atoms. The van der Waals surface area contributed by atoms with Crippen molar-refractivity contribution in [3.63, 3.8) is 0 Å². The molecule has 1 amide bonds. The number of carbonyl (C=O) groups excluding carboxylic acids is 1. The van der Waals surface area contributed by atoms with Crippen LogP contribution in [0.1, 0.15) is 12.8 Å². The molecule has 5 heteroatoms.